The summed E-state index contributed by atoms with van der Waals surface area (Å²) in [5.41, 5.74) is 7.72. The van der Waals surface area contributed by atoms with Gasteiger partial charge in [0.1, 0.15) is 0 Å². The van der Waals surface area contributed by atoms with E-state index in [-0.39, 0.29) is 5.41 Å². The minimum absolute atomic E-state index is 0.0167. The number of rotatable bonds is 4. The molecule has 31 heavy (non-hydrogen) atoms. The van der Waals surface area contributed by atoms with Crippen LogP contribution in [0.25, 0.3) is 0 Å². The fourth-order valence-corrected chi connectivity index (χ4v) is 4.75. The van der Waals surface area contributed by atoms with Gasteiger partial charge in [-0.1, -0.05) is 62.7 Å². The second kappa shape index (κ2) is 7.67. The molecule has 3 aromatic rings. The van der Waals surface area contributed by atoms with Crippen LogP contribution in [0.5, 0.6) is 0 Å². The zero-order valence-electron chi connectivity index (χ0n) is 19.1. The predicted molar refractivity (Wildman–Crippen MR) is 128 cm³/mol. The molecule has 1 aromatic heterocycles. The molecule has 2 aromatic carbocycles. The molecule has 0 atom stereocenters. The number of hydrogen-bond acceptors (Lipinski definition) is 4. The van der Waals surface area contributed by atoms with E-state index in [1.165, 1.54) is 33.6 Å². The van der Waals surface area contributed by atoms with Crippen LogP contribution in [0.1, 0.15) is 48.7 Å². The lowest BCUT2D eigenvalue weighted by Crippen LogP contribution is -2.46. The number of aromatic nitrogens is 2. The van der Waals surface area contributed by atoms with Crippen molar-refractivity contribution >= 4 is 11.6 Å². The van der Waals surface area contributed by atoms with E-state index in [9.17, 15) is 0 Å². The largest absolute Gasteiger partial charge is 0.365 e. The van der Waals surface area contributed by atoms with Crippen LogP contribution in [0.2, 0.25) is 0 Å². The smallest absolute Gasteiger partial charge is 0.225 e. The lowest BCUT2D eigenvalue weighted by atomic mass is 9.78. The van der Waals surface area contributed by atoms with E-state index >= 15 is 0 Å². The maximum absolute atomic E-state index is 4.92. The number of fused-ring (bicyclic) bond motifs is 1. The predicted octanol–water partition coefficient (Wildman–Crippen LogP) is 5.13. The second-order valence-electron chi connectivity index (χ2n) is 9.86. The topological polar surface area (TPSA) is 32.3 Å². The Hall–Kier alpha value is -2.88. The zero-order chi connectivity index (χ0) is 21.6. The van der Waals surface area contributed by atoms with Crippen molar-refractivity contribution in [3.05, 3.63) is 82.7 Å². The summed E-state index contributed by atoms with van der Waals surface area (Å²) in [6.45, 7) is 13.0. The Morgan fingerprint density at radius 1 is 0.903 bits per heavy atom. The standard InChI is InChI=1S/C27H32N4/c1-19-5-7-22(8-6-19)27(3,4)23-9-11-24(12-10-23)30-14-13-21-15-28-26(29-25(21)18-30)31-16-20(2)17-31/h5-12,15,20H,13-14,16-18H2,1-4H3. The number of aryl methyl sites for hydroxylation is 1. The zero-order valence-corrected chi connectivity index (χ0v) is 19.1. The molecule has 0 unspecified atom stereocenters. The van der Waals surface area contributed by atoms with Gasteiger partial charge in [-0.25, -0.2) is 9.97 Å². The summed E-state index contributed by atoms with van der Waals surface area (Å²) in [5, 5.41) is 0. The van der Waals surface area contributed by atoms with Gasteiger partial charge < -0.3 is 9.80 Å². The van der Waals surface area contributed by atoms with Crippen molar-refractivity contribution in [2.24, 2.45) is 5.92 Å². The molecule has 5 rings (SSSR count). The third-order valence-corrected chi connectivity index (χ3v) is 7.01. The summed E-state index contributed by atoms with van der Waals surface area (Å²) < 4.78 is 0. The fourth-order valence-electron chi connectivity index (χ4n) is 4.75. The summed E-state index contributed by atoms with van der Waals surface area (Å²) >= 11 is 0. The molecule has 2 aliphatic rings. The van der Waals surface area contributed by atoms with Crippen molar-refractivity contribution in [3.63, 3.8) is 0 Å². The molecule has 2 aliphatic heterocycles. The maximum atomic E-state index is 4.92. The third-order valence-electron chi connectivity index (χ3n) is 7.01. The number of anilines is 2. The number of hydrogen-bond donors (Lipinski definition) is 0. The van der Waals surface area contributed by atoms with Gasteiger partial charge in [0.2, 0.25) is 5.95 Å². The lowest BCUT2D eigenvalue weighted by molar-refractivity contribution is 0.438. The summed E-state index contributed by atoms with van der Waals surface area (Å²) in [7, 11) is 0. The van der Waals surface area contributed by atoms with Gasteiger partial charge in [0, 0.05) is 36.9 Å². The number of nitrogens with zero attached hydrogens (tertiary/aromatic N) is 4. The van der Waals surface area contributed by atoms with E-state index in [0.717, 1.165) is 44.5 Å². The summed E-state index contributed by atoms with van der Waals surface area (Å²) in [6.07, 6.45) is 3.05. The minimum Gasteiger partial charge on any atom is -0.365 e. The summed E-state index contributed by atoms with van der Waals surface area (Å²) in [5.74, 6) is 1.65. The van der Waals surface area contributed by atoms with Crippen LogP contribution in [-0.4, -0.2) is 29.6 Å². The lowest BCUT2D eigenvalue weighted by Gasteiger charge is -2.38. The van der Waals surface area contributed by atoms with Crippen LogP contribution >= 0.6 is 0 Å². The third kappa shape index (κ3) is 3.80. The van der Waals surface area contributed by atoms with Gasteiger partial charge in [-0.15, -0.1) is 0 Å². The second-order valence-corrected chi connectivity index (χ2v) is 9.86. The highest BCUT2D eigenvalue weighted by atomic mass is 15.3. The van der Waals surface area contributed by atoms with Gasteiger partial charge in [0.15, 0.2) is 0 Å². The van der Waals surface area contributed by atoms with Gasteiger partial charge >= 0.3 is 0 Å². The minimum atomic E-state index is -0.0167. The van der Waals surface area contributed by atoms with E-state index in [1.807, 2.05) is 6.20 Å². The van der Waals surface area contributed by atoms with Crippen LogP contribution in [0, 0.1) is 12.8 Å². The molecule has 1 saturated heterocycles. The first-order valence-electron chi connectivity index (χ1n) is 11.4. The Balaban J connectivity index is 1.34. The Morgan fingerprint density at radius 3 is 2.19 bits per heavy atom. The first kappa shape index (κ1) is 20.0. The highest BCUT2D eigenvalue weighted by Gasteiger charge is 2.27. The summed E-state index contributed by atoms with van der Waals surface area (Å²) in [4.78, 5) is 14.3. The van der Waals surface area contributed by atoms with Crippen LogP contribution in [0.4, 0.5) is 11.6 Å². The average molecular weight is 413 g/mol. The Bertz CT molecular complexity index is 1060. The normalized spacial score (nSPS) is 16.8. The molecule has 4 heteroatoms. The van der Waals surface area contributed by atoms with Crippen LogP contribution in [0.3, 0.4) is 0 Å². The van der Waals surface area contributed by atoms with Crippen LogP contribution in [0.15, 0.2) is 54.7 Å². The highest BCUT2D eigenvalue weighted by Crippen LogP contribution is 2.33. The Morgan fingerprint density at radius 2 is 1.55 bits per heavy atom. The average Bonchev–Trinajstić information content (AvgIpc) is 2.76. The molecule has 1 fully saturated rings. The Labute approximate surface area is 186 Å². The molecule has 4 nitrogen and oxygen atoms in total. The SMILES string of the molecule is Cc1ccc(C(C)(C)c2ccc(N3CCc4cnc(N5CC(C)C5)nc4C3)cc2)cc1. The van der Waals surface area contributed by atoms with E-state index in [0.29, 0.717) is 0 Å². The van der Waals surface area contributed by atoms with Gasteiger partial charge in [-0.05, 0) is 48.1 Å². The van der Waals surface area contributed by atoms with Crippen LogP contribution < -0.4 is 9.80 Å². The molecule has 0 aliphatic carbocycles. The molecule has 160 valence electrons. The quantitative estimate of drug-likeness (QED) is 0.595. The van der Waals surface area contributed by atoms with E-state index < -0.39 is 0 Å². The molecule has 0 spiro atoms. The van der Waals surface area contributed by atoms with Gasteiger partial charge in [-0.3, -0.25) is 0 Å². The van der Waals surface area contributed by atoms with Gasteiger partial charge in [0.25, 0.3) is 0 Å². The fraction of sp³-hybridized carbons (Fsp3) is 0.407. The van der Waals surface area contributed by atoms with E-state index in [1.54, 1.807) is 0 Å². The molecular formula is C27H32N4. The monoisotopic (exact) mass is 412 g/mol. The molecule has 3 heterocycles. The molecule has 0 saturated carbocycles. The van der Waals surface area contributed by atoms with E-state index in [2.05, 4.69) is 91.0 Å². The Kier molecular flexibility index (Phi) is 4.96. The van der Waals surface area contributed by atoms with Gasteiger partial charge in [-0.2, -0.15) is 0 Å². The highest BCUT2D eigenvalue weighted by molar-refractivity contribution is 5.52. The van der Waals surface area contributed by atoms with E-state index in [4.69, 9.17) is 4.98 Å². The molecule has 0 amide bonds. The van der Waals surface area contributed by atoms with Crippen molar-refractivity contribution in [2.75, 3.05) is 29.4 Å². The van der Waals surface area contributed by atoms with Crippen molar-refractivity contribution in [1.29, 1.82) is 0 Å². The van der Waals surface area contributed by atoms with Crippen LogP contribution in [-0.2, 0) is 18.4 Å². The molecule has 0 N–H and O–H groups in total. The van der Waals surface area contributed by atoms with Gasteiger partial charge in [0.05, 0.1) is 12.2 Å². The molecule has 0 bridgehead atoms. The van der Waals surface area contributed by atoms with Crippen molar-refractivity contribution in [2.45, 2.75) is 46.1 Å². The van der Waals surface area contributed by atoms with Crippen molar-refractivity contribution < 1.29 is 0 Å². The summed E-state index contributed by atoms with van der Waals surface area (Å²) in [6, 6.07) is 18.0. The van der Waals surface area contributed by atoms with Crippen molar-refractivity contribution in [3.8, 4) is 0 Å². The first-order valence-corrected chi connectivity index (χ1v) is 11.4. The molecule has 0 radical (unpaired) electrons. The molecular weight excluding hydrogens is 380 g/mol. The first-order chi connectivity index (χ1) is 14.9. The maximum Gasteiger partial charge on any atom is 0.225 e. The van der Waals surface area contributed by atoms with Crippen molar-refractivity contribution in [1.82, 2.24) is 9.97 Å². The number of benzene rings is 2.